The molecular weight excluding hydrogens is 604 g/mol. The second-order valence-corrected chi connectivity index (χ2v) is 15.0. The Labute approximate surface area is 281 Å². The molecule has 5 heterocycles. The number of carbonyl (C=O) groups excluding carboxylic acids is 3. The second-order valence-electron chi connectivity index (χ2n) is 15.0. The van der Waals surface area contributed by atoms with Crippen molar-refractivity contribution in [3.8, 4) is 6.01 Å². The van der Waals surface area contributed by atoms with Gasteiger partial charge in [0.05, 0.1) is 0 Å². The fourth-order valence-electron chi connectivity index (χ4n) is 8.37. The standard InChI is InChI=1S/C38H44N6O4/c1-24(2)29-18-39-37(40-19-29)48-31-16-38(17-31)22-43(23-38)30-6-3-25(4-7-30)20-42-13-11-26(12-14-42)27-5-8-32-28(15-27)21-44(36(32)47)33-9-10-34(45)41-35(33)46/h3-8,15,18-19,24,26,31,33H,9-14,16-17,20-23H2,1-2H3,(H,41,45,46). The van der Waals surface area contributed by atoms with Crippen LogP contribution in [-0.2, 0) is 22.7 Å². The first-order chi connectivity index (χ1) is 23.2. The van der Waals surface area contributed by atoms with E-state index in [0.29, 0.717) is 41.8 Å². The molecule has 3 amide bonds. The van der Waals surface area contributed by atoms with Gasteiger partial charge in [0.15, 0.2) is 0 Å². The molecule has 1 saturated carbocycles. The van der Waals surface area contributed by atoms with Gasteiger partial charge in [0, 0.05) is 61.7 Å². The Balaban J connectivity index is 0.784. The molecular formula is C38H44N6O4. The predicted molar refractivity (Wildman–Crippen MR) is 181 cm³/mol. The van der Waals surface area contributed by atoms with E-state index in [0.717, 1.165) is 69.5 Å². The number of nitrogens with zero attached hydrogens (tertiary/aromatic N) is 5. The van der Waals surface area contributed by atoms with Gasteiger partial charge in [0.1, 0.15) is 12.1 Å². The number of rotatable bonds is 8. The Kier molecular flexibility index (Phi) is 7.94. The van der Waals surface area contributed by atoms with Crippen LogP contribution >= 0.6 is 0 Å². The molecule has 48 heavy (non-hydrogen) atoms. The van der Waals surface area contributed by atoms with Crippen molar-refractivity contribution < 1.29 is 19.1 Å². The summed E-state index contributed by atoms with van der Waals surface area (Å²) in [5.74, 6) is 0.141. The molecule has 1 N–H and O–H groups in total. The number of anilines is 1. The Hall–Kier alpha value is -4.31. The summed E-state index contributed by atoms with van der Waals surface area (Å²) < 4.78 is 6.05. The van der Waals surface area contributed by atoms with Crippen molar-refractivity contribution >= 4 is 23.4 Å². The van der Waals surface area contributed by atoms with E-state index in [1.165, 1.54) is 16.8 Å². The third-order valence-corrected chi connectivity index (χ3v) is 11.3. The number of likely N-dealkylation sites (tertiary alicyclic amines) is 1. The van der Waals surface area contributed by atoms with E-state index in [1.807, 2.05) is 18.5 Å². The minimum absolute atomic E-state index is 0.110. The molecule has 1 spiro atoms. The van der Waals surface area contributed by atoms with Crippen LogP contribution in [0.4, 0.5) is 5.69 Å². The molecule has 1 atom stereocenters. The van der Waals surface area contributed by atoms with Gasteiger partial charge < -0.3 is 14.5 Å². The zero-order chi connectivity index (χ0) is 33.0. The number of piperidine rings is 2. The lowest BCUT2D eigenvalue weighted by molar-refractivity contribution is -0.136. The monoisotopic (exact) mass is 648 g/mol. The molecule has 2 aromatic carbocycles. The highest BCUT2D eigenvalue weighted by molar-refractivity contribution is 6.05. The van der Waals surface area contributed by atoms with Crippen molar-refractivity contribution in [3.05, 3.63) is 82.7 Å². The van der Waals surface area contributed by atoms with Crippen LogP contribution in [0.15, 0.2) is 54.9 Å². The average molecular weight is 649 g/mol. The first-order valence-electron chi connectivity index (χ1n) is 17.5. The number of imide groups is 1. The summed E-state index contributed by atoms with van der Waals surface area (Å²) in [4.78, 5) is 52.5. The largest absolute Gasteiger partial charge is 0.460 e. The zero-order valence-corrected chi connectivity index (χ0v) is 27.9. The maximum absolute atomic E-state index is 13.1. The lowest BCUT2D eigenvalue weighted by Gasteiger charge is -2.59. The normalized spacial score (nSPS) is 22.9. The number of ether oxygens (including phenoxy) is 1. The molecule has 4 aliphatic heterocycles. The average Bonchev–Trinajstić information content (AvgIpc) is 3.37. The van der Waals surface area contributed by atoms with E-state index in [9.17, 15) is 14.4 Å². The summed E-state index contributed by atoms with van der Waals surface area (Å²) in [6, 6.07) is 15.2. The molecule has 5 aliphatic rings. The van der Waals surface area contributed by atoms with Crippen molar-refractivity contribution in [1.29, 1.82) is 0 Å². The highest BCUT2D eigenvalue weighted by Crippen LogP contribution is 2.50. The van der Waals surface area contributed by atoms with Gasteiger partial charge in [0.2, 0.25) is 11.8 Å². The van der Waals surface area contributed by atoms with Crippen LogP contribution in [0.1, 0.15) is 96.8 Å². The van der Waals surface area contributed by atoms with Gasteiger partial charge in [0.25, 0.3) is 5.91 Å². The molecule has 1 aromatic heterocycles. The van der Waals surface area contributed by atoms with Crippen LogP contribution in [0.5, 0.6) is 6.01 Å². The van der Waals surface area contributed by atoms with Crippen molar-refractivity contribution in [3.63, 3.8) is 0 Å². The van der Waals surface area contributed by atoms with Crippen LogP contribution in [-0.4, -0.2) is 75.8 Å². The van der Waals surface area contributed by atoms with E-state index < -0.39 is 6.04 Å². The quantitative estimate of drug-likeness (QED) is 0.348. The number of aromatic nitrogens is 2. The molecule has 10 nitrogen and oxygen atoms in total. The Bertz CT molecular complexity index is 1700. The van der Waals surface area contributed by atoms with Gasteiger partial charge in [-0.2, -0.15) is 0 Å². The SMILES string of the molecule is CC(C)c1cnc(OC2CC3(C2)CN(c2ccc(CN4CCC(c5ccc6c(c5)CN(C5CCC(=O)NC5=O)C6=O)CC4)cc2)C3)nc1. The number of hydrogen-bond donors (Lipinski definition) is 1. The highest BCUT2D eigenvalue weighted by atomic mass is 16.5. The highest BCUT2D eigenvalue weighted by Gasteiger charge is 2.53. The predicted octanol–water partition coefficient (Wildman–Crippen LogP) is 4.79. The maximum atomic E-state index is 13.1. The van der Waals surface area contributed by atoms with Gasteiger partial charge in [-0.25, -0.2) is 9.97 Å². The third kappa shape index (κ3) is 5.95. The summed E-state index contributed by atoms with van der Waals surface area (Å²) in [5.41, 5.74) is 7.09. The van der Waals surface area contributed by atoms with Crippen molar-refractivity contribution in [1.82, 2.24) is 25.1 Å². The maximum Gasteiger partial charge on any atom is 0.316 e. The first kappa shape index (κ1) is 31.0. The van der Waals surface area contributed by atoms with Crippen molar-refractivity contribution in [2.24, 2.45) is 5.41 Å². The molecule has 8 rings (SSSR count). The molecule has 1 unspecified atom stereocenters. The topological polar surface area (TPSA) is 108 Å². The van der Waals surface area contributed by atoms with Crippen LogP contribution in [0.25, 0.3) is 0 Å². The van der Waals surface area contributed by atoms with Gasteiger partial charge in [-0.3, -0.25) is 24.6 Å². The molecule has 0 bridgehead atoms. The molecule has 4 fully saturated rings. The molecule has 3 aromatic rings. The van der Waals surface area contributed by atoms with Crippen LogP contribution < -0.4 is 15.0 Å². The van der Waals surface area contributed by atoms with E-state index in [-0.39, 0.29) is 30.2 Å². The zero-order valence-electron chi connectivity index (χ0n) is 27.9. The summed E-state index contributed by atoms with van der Waals surface area (Å²) in [6.07, 6.45) is 8.92. The van der Waals surface area contributed by atoms with Crippen molar-refractivity contribution in [2.45, 2.75) is 89.4 Å². The van der Waals surface area contributed by atoms with Gasteiger partial charge in [-0.1, -0.05) is 38.1 Å². The Morgan fingerprint density at radius 3 is 2.38 bits per heavy atom. The smallest absolute Gasteiger partial charge is 0.316 e. The van der Waals surface area contributed by atoms with Crippen LogP contribution in [0.2, 0.25) is 0 Å². The number of nitrogens with one attached hydrogen (secondary N) is 1. The van der Waals surface area contributed by atoms with Crippen molar-refractivity contribution in [2.75, 3.05) is 31.1 Å². The van der Waals surface area contributed by atoms with E-state index in [1.54, 1.807) is 4.90 Å². The lowest BCUT2D eigenvalue weighted by Crippen LogP contribution is -2.64. The van der Waals surface area contributed by atoms with Gasteiger partial charge in [-0.05, 0) is 97.5 Å². The first-order valence-corrected chi connectivity index (χ1v) is 17.5. The van der Waals surface area contributed by atoms with E-state index >= 15 is 0 Å². The van der Waals surface area contributed by atoms with Gasteiger partial charge >= 0.3 is 6.01 Å². The minimum Gasteiger partial charge on any atom is -0.460 e. The summed E-state index contributed by atoms with van der Waals surface area (Å²) in [5, 5.41) is 2.38. The number of hydrogen-bond acceptors (Lipinski definition) is 8. The molecule has 1 aliphatic carbocycles. The fourth-order valence-corrected chi connectivity index (χ4v) is 8.37. The Morgan fingerprint density at radius 2 is 1.69 bits per heavy atom. The summed E-state index contributed by atoms with van der Waals surface area (Å²) >= 11 is 0. The Morgan fingerprint density at radius 1 is 0.958 bits per heavy atom. The number of carbonyl (C=O) groups is 3. The van der Waals surface area contributed by atoms with E-state index in [4.69, 9.17) is 4.74 Å². The van der Waals surface area contributed by atoms with Crippen LogP contribution in [0.3, 0.4) is 0 Å². The number of amides is 3. The molecule has 10 heteroatoms. The lowest BCUT2D eigenvalue weighted by atomic mass is 9.61. The fraction of sp³-hybridized carbons (Fsp3) is 0.500. The molecule has 0 radical (unpaired) electrons. The number of benzene rings is 2. The third-order valence-electron chi connectivity index (χ3n) is 11.3. The second kappa shape index (κ2) is 12.3. The summed E-state index contributed by atoms with van der Waals surface area (Å²) in [7, 11) is 0. The van der Waals surface area contributed by atoms with Crippen LogP contribution in [0, 0.1) is 5.41 Å². The molecule has 3 saturated heterocycles. The van der Waals surface area contributed by atoms with Gasteiger partial charge in [-0.15, -0.1) is 0 Å². The van der Waals surface area contributed by atoms with E-state index in [2.05, 4.69) is 75.3 Å². The molecule has 250 valence electrons. The minimum atomic E-state index is -0.573. The summed E-state index contributed by atoms with van der Waals surface area (Å²) in [6.45, 7) is 9.90. The number of fused-ring (bicyclic) bond motifs is 1.